The van der Waals surface area contributed by atoms with Crippen LogP contribution < -0.4 is 14.2 Å². The van der Waals surface area contributed by atoms with Crippen LogP contribution in [0.4, 0.5) is 0 Å². The average Bonchev–Trinajstić information content (AvgIpc) is 2.76. The van der Waals surface area contributed by atoms with Gasteiger partial charge in [0, 0.05) is 17.3 Å². The summed E-state index contributed by atoms with van der Waals surface area (Å²) in [4.78, 5) is 4.26. The van der Waals surface area contributed by atoms with Gasteiger partial charge in [0.1, 0.15) is 0 Å². The molecule has 0 aliphatic carbocycles. The first-order chi connectivity index (χ1) is 7.81. The van der Waals surface area contributed by atoms with Gasteiger partial charge in [-0.3, -0.25) is 4.98 Å². The molecule has 4 nitrogen and oxygen atoms in total. The molecule has 1 aromatic heterocycles. The van der Waals surface area contributed by atoms with Gasteiger partial charge in [-0.1, -0.05) is 0 Å². The number of methoxy groups -OCH3 is 1. The third-order valence-corrected chi connectivity index (χ3v) is 2.74. The average molecular weight is 298 g/mol. The Bertz CT molecular complexity index is 571. The number of hydrogen-bond acceptors (Lipinski definition) is 4. The van der Waals surface area contributed by atoms with E-state index < -0.39 is 0 Å². The quantitative estimate of drug-likeness (QED) is 0.811. The maximum atomic E-state index is 5.49. The van der Waals surface area contributed by atoms with Crippen molar-refractivity contribution in [2.75, 3.05) is 13.9 Å². The largest absolute Gasteiger partial charge is 0.493 e. The van der Waals surface area contributed by atoms with E-state index in [0.717, 1.165) is 22.2 Å². The molecule has 0 fully saturated rings. The summed E-state index contributed by atoms with van der Waals surface area (Å²) in [6.07, 6.45) is 1.78. The van der Waals surface area contributed by atoms with Gasteiger partial charge >= 0.3 is 0 Å². The molecule has 2 aromatic rings. The first-order valence-corrected chi connectivity index (χ1v) is 5.03. The number of ether oxygens (including phenoxy) is 3. The van der Waals surface area contributed by atoms with Crippen LogP contribution in [-0.2, 0) is 0 Å². The standard InChI is InChI=1S/C12H11NO3.BrH/c1-7-10-8(3-4-13-7)5-9(14-2)11-12(10)16-6-15-11;/h3-5H,6H2,1-2H3;1H. The highest BCUT2D eigenvalue weighted by Gasteiger charge is 2.23. The highest BCUT2D eigenvalue weighted by molar-refractivity contribution is 8.93. The Hall–Kier alpha value is -1.49. The lowest BCUT2D eigenvalue weighted by Crippen LogP contribution is -1.94. The van der Waals surface area contributed by atoms with Crippen molar-refractivity contribution in [3.05, 3.63) is 24.0 Å². The van der Waals surface area contributed by atoms with Gasteiger partial charge < -0.3 is 14.2 Å². The molecular formula is C12H12BrNO3. The Labute approximate surface area is 109 Å². The van der Waals surface area contributed by atoms with Gasteiger partial charge in [0.05, 0.1) is 7.11 Å². The van der Waals surface area contributed by atoms with E-state index in [1.54, 1.807) is 13.3 Å². The van der Waals surface area contributed by atoms with Gasteiger partial charge in [-0.15, -0.1) is 17.0 Å². The SMILES string of the molecule is Br.COc1cc2ccnc(C)c2c2c1OCO2. The summed E-state index contributed by atoms with van der Waals surface area (Å²) in [6, 6.07) is 3.88. The predicted molar refractivity (Wildman–Crippen MR) is 69.5 cm³/mol. The van der Waals surface area contributed by atoms with Crippen LogP contribution in [-0.4, -0.2) is 18.9 Å². The summed E-state index contributed by atoms with van der Waals surface area (Å²) in [6.45, 7) is 2.19. The van der Waals surface area contributed by atoms with Crippen LogP contribution in [0.1, 0.15) is 5.69 Å². The molecule has 1 aliphatic heterocycles. The van der Waals surface area contributed by atoms with Crippen LogP contribution in [0.15, 0.2) is 18.3 Å². The van der Waals surface area contributed by atoms with Crippen LogP contribution in [0.2, 0.25) is 0 Å². The first kappa shape index (κ1) is 12.0. The highest BCUT2D eigenvalue weighted by Crippen LogP contribution is 2.46. The van der Waals surface area contributed by atoms with E-state index in [9.17, 15) is 0 Å². The van der Waals surface area contributed by atoms with Gasteiger partial charge in [0.2, 0.25) is 12.5 Å². The maximum Gasteiger partial charge on any atom is 0.231 e. The van der Waals surface area contributed by atoms with Gasteiger partial charge in [0.15, 0.2) is 11.5 Å². The van der Waals surface area contributed by atoms with Gasteiger partial charge in [-0.05, 0) is 24.4 Å². The minimum atomic E-state index is 0. The number of halogens is 1. The third kappa shape index (κ3) is 1.70. The topological polar surface area (TPSA) is 40.6 Å². The van der Waals surface area contributed by atoms with Crippen molar-refractivity contribution in [3.63, 3.8) is 0 Å². The van der Waals surface area contributed by atoms with E-state index in [2.05, 4.69) is 4.98 Å². The summed E-state index contributed by atoms with van der Waals surface area (Å²) in [7, 11) is 1.62. The molecule has 3 rings (SSSR count). The van der Waals surface area contributed by atoms with Crippen LogP contribution in [0.3, 0.4) is 0 Å². The molecule has 2 heterocycles. The Morgan fingerprint density at radius 1 is 1.29 bits per heavy atom. The molecule has 1 aliphatic rings. The number of nitrogens with zero attached hydrogens (tertiary/aromatic N) is 1. The number of aryl methyl sites for hydroxylation is 1. The Morgan fingerprint density at radius 3 is 2.82 bits per heavy atom. The Kier molecular flexibility index (Phi) is 3.11. The van der Waals surface area contributed by atoms with E-state index >= 15 is 0 Å². The van der Waals surface area contributed by atoms with Gasteiger partial charge in [0.25, 0.3) is 0 Å². The fraction of sp³-hybridized carbons (Fsp3) is 0.250. The number of aromatic nitrogens is 1. The zero-order chi connectivity index (χ0) is 11.1. The normalized spacial score (nSPS) is 12.4. The summed E-state index contributed by atoms with van der Waals surface area (Å²) in [5.41, 5.74) is 0.932. The Morgan fingerprint density at radius 2 is 2.06 bits per heavy atom. The predicted octanol–water partition coefficient (Wildman–Crippen LogP) is 2.86. The molecule has 0 amide bonds. The second kappa shape index (κ2) is 4.41. The van der Waals surface area contributed by atoms with E-state index in [1.807, 2.05) is 19.1 Å². The van der Waals surface area contributed by atoms with Crippen molar-refractivity contribution < 1.29 is 14.2 Å². The summed E-state index contributed by atoms with van der Waals surface area (Å²) in [5, 5.41) is 2.05. The molecule has 0 spiro atoms. The fourth-order valence-electron chi connectivity index (χ4n) is 2.01. The lowest BCUT2D eigenvalue weighted by molar-refractivity contribution is 0.172. The van der Waals surface area contributed by atoms with Crippen molar-refractivity contribution in [1.29, 1.82) is 0 Å². The molecule has 0 unspecified atom stereocenters. The van der Waals surface area contributed by atoms with E-state index in [4.69, 9.17) is 14.2 Å². The zero-order valence-corrected chi connectivity index (χ0v) is 11.2. The van der Waals surface area contributed by atoms with E-state index in [-0.39, 0.29) is 23.8 Å². The van der Waals surface area contributed by atoms with Crippen molar-refractivity contribution in [2.24, 2.45) is 0 Å². The molecule has 0 saturated heterocycles. The molecule has 1 aromatic carbocycles. The lowest BCUT2D eigenvalue weighted by atomic mass is 10.1. The van der Waals surface area contributed by atoms with Gasteiger partial charge in [-0.2, -0.15) is 0 Å². The number of rotatable bonds is 1. The monoisotopic (exact) mass is 297 g/mol. The minimum Gasteiger partial charge on any atom is -0.493 e. The van der Waals surface area contributed by atoms with Crippen molar-refractivity contribution in [2.45, 2.75) is 6.92 Å². The van der Waals surface area contributed by atoms with Crippen LogP contribution in [0.25, 0.3) is 10.8 Å². The Balaban J connectivity index is 0.00000108. The molecule has 5 heteroatoms. The van der Waals surface area contributed by atoms with Gasteiger partial charge in [-0.25, -0.2) is 0 Å². The second-order valence-electron chi connectivity index (χ2n) is 3.64. The second-order valence-corrected chi connectivity index (χ2v) is 3.64. The lowest BCUT2D eigenvalue weighted by Gasteiger charge is -2.08. The summed E-state index contributed by atoms with van der Waals surface area (Å²) in [5.74, 6) is 2.11. The number of benzene rings is 1. The van der Waals surface area contributed by atoms with Crippen LogP contribution >= 0.6 is 17.0 Å². The highest BCUT2D eigenvalue weighted by atomic mass is 79.9. The van der Waals surface area contributed by atoms with Crippen LogP contribution in [0, 0.1) is 6.92 Å². The molecule has 17 heavy (non-hydrogen) atoms. The third-order valence-electron chi connectivity index (χ3n) is 2.74. The zero-order valence-electron chi connectivity index (χ0n) is 9.52. The van der Waals surface area contributed by atoms with Crippen LogP contribution in [0.5, 0.6) is 17.2 Å². The maximum absolute atomic E-state index is 5.49. The molecule has 0 bridgehead atoms. The van der Waals surface area contributed by atoms with Crippen molar-refractivity contribution in [1.82, 2.24) is 4.98 Å². The number of pyridine rings is 1. The van der Waals surface area contributed by atoms with E-state index in [0.29, 0.717) is 11.5 Å². The first-order valence-electron chi connectivity index (χ1n) is 5.03. The number of hydrogen-bond donors (Lipinski definition) is 0. The molecule has 90 valence electrons. The number of fused-ring (bicyclic) bond motifs is 3. The molecule has 0 atom stereocenters. The van der Waals surface area contributed by atoms with Crippen molar-refractivity contribution in [3.8, 4) is 17.2 Å². The smallest absolute Gasteiger partial charge is 0.231 e. The van der Waals surface area contributed by atoms with Crippen molar-refractivity contribution >= 4 is 27.8 Å². The summed E-state index contributed by atoms with van der Waals surface area (Å²) >= 11 is 0. The molecule has 0 N–H and O–H groups in total. The summed E-state index contributed by atoms with van der Waals surface area (Å²) < 4.78 is 16.2. The fourth-order valence-corrected chi connectivity index (χ4v) is 2.01. The minimum absolute atomic E-state index is 0. The van der Waals surface area contributed by atoms with E-state index in [1.165, 1.54) is 0 Å². The molecule has 0 radical (unpaired) electrons. The molecular weight excluding hydrogens is 286 g/mol. The molecule has 0 saturated carbocycles.